The van der Waals surface area contributed by atoms with Gasteiger partial charge in [-0.3, -0.25) is 0 Å². The van der Waals surface area contributed by atoms with Crippen molar-refractivity contribution >= 4 is 39.7 Å². The molecule has 0 aromatic heterocycles. The molecule has 104 valence electrons. The molecule has 1 heterocycles. The zero-order valence-electron chi connectivity index (χ0n) is 11.2. The molecule has 3 heteroatoms. The summed E-state index contributed by atoms with van der Waals surface area (Å²) < 4.78 is 0. The van der Waals surface area contributed by atoms with Crippen LogP contribution in [-0.2, 0) is 6.42 Å². The minimum absolute atomic E-state index is 0.178. The SMILES string of the molecule is Clc1ccc(Cl)c(C2Cc3ccc4ccccc4c3N2)c1. The highest BCUT2D eigenvalue weighted by molar-refractivity contribution is 6.33. The Morgan fingerprint density at radius 1 is 0.952 bits per heavy atom. The molecule has 21 heavy (non-hydrogen) atoms. The van der Waals surface area contributed by atoms with E-state index >= 15 is 0 Å². The van der Waals surface area contributed by atoms with Gasteiger partial charge in [-0.2, -0.15) is 0 Å². The van der Waals surface area contributed by atoms with Gasteiger partial charge in [-0.15, -0.1) is 0 Å². The van der Waals surface area contributed by atoms with Crippen LogP contribution in [0.1, 0.15) is 17.2 Å². The third kappa shape index (κ3) is 2.17. The number of rotatable bonds is 1. The molecule has 1 aliphatic heterocycles. The zero-order chi connectivity index (χ0) is 14.4. The van der Waals surface area contributed by atoms with E-state index in [1.807, 2.05) is 18.2 Å². The van der Waals surface area contributed by atoms with Crippen molar-refractivity contribution in [3.8, 4) is 0 Å². The second-order valence-corrected chi connectivity index (χ2v) is 6.23. The molecule has 0 amide bonds. The van der Waals surface area contributed by atoms with E-state index in [1.165, 1.54) is 22.0 Å². The maximum absolute atomic E-state index is 6.34. The van der Waals surface area contributed by atoms with E-state index < -0.39 is 0 Å². The molecular formula is C18H13Cl2N. The Bertz CT molecular complexity index is 842. The van der Waals surface area contributed by atoms with Crippen molar-refractivity contribution in [2.45, 2.75) is 12.5 Å². The summed E-state index contributed by atoms with van der Waals surface area (Å²) in [5.74, 6) is 0. The largest absolute Gasteiger partial charge is 0.377 e. The van der Waals surface area contributed by atoms with Crippen molar-refractivity contribution in [1.29, 1.82) is 0 Å². The van der Waals surface area contributed by atoms with E-state index in [4.69, 9.17) is 23.2 Å². The Hall–Kier alpha value is -1.70. The molecule has 0 spiro atoms. The van der Waals surface area contributed by atoms with Crippen LogP contribution in [0.25, 0.3) is 10.8 Å². The van der Waals surface area contributed by atoms with Gasteiger partial charge in [0, 0.05) is 21.1 Å². The first-order valence-corrected chi connectivity index (χ1v) is 7.70. The molecule has 3 aromatic rings. The molecule has 1 aliphatic rings. The highest BCUT2D eigenvalue weighted by atomic mass is 35.5. The molecule has 1 N–H and O–H groups in total. The van der Waals surface area contributed by atoms with Crippen LogP contribution in [0, 0.1) is 0 Å². The van der Waals surface area contributed by atoms with Crippen LogP contribution in [0.3, 0.4) is 0 Å². The van der Waals surface area contributed by atoms with Crippen LogP contribution >= 0.6 is 23.2 Å². The number of fused-ring (bicyclic) bond motifs is 3. The predicted octanol–water partition coefficient (Wildman–Crippen LogP) is 5.86. The van der Waals surface area contributed by atoms with Gasteiger partial charge < -0.3 is 5.32 Å². The van der Waals surface area contributed by atoms with E-state index in [2.05, 4.69) is 41.7 Å². The lowest BCUT2D eigenvalue weighted by Crippen LogP contribution is -2.06. The van der Waals surface area contributed by atoms with Crippen molar-refractivity contribution < 1.29 is 0 Å². The Kier molecular flexibility index (Phi) is 3.06. The molecule has 0 fully saturated rings. The molecule has 3 aromatic carbocycles. The quantitative estimate of drug-likeness (QED) is 0.593. The second-order valence-electron chi connectivity index (χ2n) is 5.39. The molecule has 4 rings (SSSR count). The Labute approximate surface area is 133 Å². The number of hydrogen-bond donors (Lipinski definition) is 1. The van der Waals surface area contributed by atoms with Crippen LogP contribution in [0.4, 0.5) is 5.69 Å². The van der Waals surface area contributed by atoms with Crippen LogP contribution in [0.5, 0.6) is 0 Å². The predicted molar refractivity (Wildman–Crippen MR) is 90.5 cm³/mol. The zero-order valence-corrected chi connectivity index (χ0v) is 12.7. The third-order valence-electron chi connectivity index (χ3n) is 4.09. The van der Waals surface area contributed by atoms with E-state index in [-0.39, 0.29) is 6.04 Å². The molecule has 1 unspecified atom stereocenters. The monoisotopic (exact) mass is 313 g/mol. The van der Waals surface area contributed by atoms with Gasteiger partial charge in [-0.25, -0.2) is 0 Å². The van der Waals surface area contributed by atoms with Crippen molar-refractivity contribution in [3.05, 3.63) is 75.8 Å². The topological polar surface area (TPSA) is 12.0 Å². The lowest BCUT2D eigenvalue weighted by Gasteiger charge is -2.14. The van der Waals surface area contributed by atoms with E-state index in [0.717, 1.165) is 22.0 Å². The molecule has 0 saturated heterocycles. The first-order chi connectivity index (χ1) is 10.2. The van der Waals surface area contributed by atoms with Gasteiger partial charge in [0.25, 0.3) is 0 Å². The molecule has 0 aliphatic carbocycles. The standard InChI is InChI=1S/C18H13Cl2N/c19-13-7-8-16(20)15(10-13)17-9-12-6-5-11-3-1-2-4-14(11)18(12)21-17/h1-8,10,17,21H,9H2. The second kappa shape index (κ2) is 4.94. The van der Waals surface area contributed by atoms with Crippen molar-refractivity contribution in [2.75, 3.05) is 5.32 Å². The van der Waals surface area contributed by atoms with Crippen LogP contribution in [0.15, 0.2) is 54.6 Å². The number of benzene rings is 3. The van der Waals surface area contributed by atoms with Gasteiger partial charge in [-0.05, 0) is 41.1 Å². The van der Waals surface area contributed by atoms with Gasteiger partial charge in [0.15, 0.2) is 0 Å². The van der Waals surface area contributed by atoms with Crippen molar-refractivity contribution in [2.24, 2.45) is 0 Å². The fourth-order valence-corrected chi connectivity index (χ4v) is 3.50. The summed E-state index contributed by atoms with van der Waals surface area (Å²) in [5, 5.41) is 7.61. The fourth-order valence-electron chi connectivity index (χ4n) is 3.07. The summed E-state index contributed by atoms with van der Waals surface area (Å²) >= 11 is 12.5. The smallest absolute Gasteiger partial charge is 0.0570 e. The lowest BCUT2D eigenvalue weighted by molar-refractivity contribution is 0.825. The molecule has 0 bridgehead atoms. The third-order valence-corrected chi connectivity index (χ3v) is 4.67. The molecule has 0 saturated carbocycles. The normalized spacial score (nSPS) is 16.8. The Morgan fingerprint density at radius 3 is 2.71 bits per heavy atom. The highest BCUT2D eigenvalue weighted by Gasteiger charge is 2.25. The molecular weight excluding hydrogens is 301 g/mol. The highest BCUT2D eigenvalue weighted by Crippen LogP contribution is 2.41. The summed E-state index contributed by atoms with van der Waals surface area (Å²) in [4.78, 5) is 0. The summed E-state index contributed by atoms with van der Waals surface area (Å²) in [6, 6.07) is 18.6. The van der Waals surface area contributed by atoms with Crippen molar-refractivity contribution in [1.82, 2.24) is 0 Å². The summed E-state index contributed by atoms with van der Waals surface area (Å²) in [5.41, 5.74) is 3.60. The minimum Gasteiger partial charge on any atom is -0.377 e. The average molecular weight is 314 g/mol. The van der Waals surface area contributed by atoms with Crippen LogP contribution < -0.4 is 5.32 Å². The van der Waals surface area contributed by atoms with Crippen LogP contribution in [-0.4, -0.2) is 0 Å². The van der Waals surface area contributed by atoms with Gasteiger partial charge in [0.05, 0.1) is 6.04 Å². The maximum Gasteiger partial charge on any atom is 0.0570 e. The van der Waals surface area contributed by atoms with Gasteiger partial charge in [0.1, 0.15) is 0 Å². The van der Waals surface area contributed by atoms with E-state index in [1.54, 1.807) is 0 Å². The number of anilines is 1. The maximum atomic E-state index is 6.34. The number of nitrogens with one attached hydrogen (secondary N) is 1. The van der Waals surface area contributed by atoms with Crippen molar-refractivity contribution in [3.63, 3.8) is 0 Å². The number of hydrogen-bond acceptors (Lipinski definition) is 1. The minimum atomic E-state index is 0.178. The van der Waals surface area contributed by atoms with E-state index in [9.17, 15) is 0 Å². The molecule has 0 radical (unpaired) electrons. The van der Waals surface area contributed by atoms with Crippen LogP contribution in [0.2, 0.25) is 10.0 Å². The van der Waals surface area contributed by atoms with Gasteiger partial charge >= 0.3 is 0 Å². The first-order valence-electron chi connectivity index (χ1n) is 6.94. The summed E-state index contributed by atoms with van der Waals surface area (Å²) in [6.07, 6.45) is 0.931. The van der Waals surface area contributed by atoms with Gasteiger partial charge in [-0.1, -0.05) is 59.6 Å². The first kappa shape index (κ1) is 13.0. The fraction of sp³-hybridized carbons (Fsp3) is 0.111. The lowest BCUT2D eigenvalue weighted by atomic mass is 10.0. The summed E-state index contributed by atoms with van der Waals surface area (Å²) in [7, 11) is 0. The Balaban J connectivity index is 1.80. The van der Waals surface area contributed by atoms with Gasteiger partial charge in [0.2, 0.25) is 0 Å². The summed E-state index contributed by atoms with van der Waals surface area (Å²) in [6.45, 7) is 0. The number of halogens is 2. The molecule has 1 atom stereocenters. The molecule has 1 nitrogen and oxygen atoms in total. The Morgan fingerprint density at radius 2 is 1.81 bits per heavy atom. The van der Waals surface area contributed by atoms with E-state index in [0.29, 0.717) is 0 Å². The average Bonchev–Trinajstić information content (AvgIpc) is 2.94.